The van der Waals surface area contributed by atoms with Gasteiger partial charge in [0.2, 0.25) is 0 Å². The van der Waals surface area contributed by atoms with Crippen LogP contribution in [0.3, 0.4) is 0 Å². The van der Waals surface area contributed by atoms with Crippen molar-refractivity contribution in [2.45, 2.75) is 12.8 Å². The van der Waals surface area contributed by atoms with Crippen LogP contribution in [0.4, 0.5) is 13.2 Å². The van der Waals surface area contributed by atoms with Crippen LogP contribution in [0.1, 0.15) is 5.56 Å². The number of benzene rings is 1. The van der Waals surface area contributed by atoms with Crippen LogP contribution in [0.2, 0.25) is 0 Å². The fraction of sp³-hybridized carbons (Fsp3) is 0.200. The maximum absolute atomic E-state index is 11.8. The molecule has 0 spiro atoms. The Labute approximate surface area is 84.6 Å². The van der Waals surface area contributed by atoms with Crippen molar-refractivity contribution in [1.82, 2.24) is 0 Å². The largest absolute Gasteiger partial charge is 0.573 e. The maximum atomic E-state index is 11.8. The van der Waals surface area contributed by atoms with Crippen molar-refractivity contribution in [3.8, 4) is 5.75 Å². The summed E-state index contributed by atoms with van der Waals surface area (Å²) in [6.07, 6.45) is -4.46. The van der Waals surface area contributed by atoms with Crippen molar-refractivity contribution in [2.24, 2.45) is 0 Å². The molecule has 0 aliphatic carbocycles. The van der Waals surface area contributed by atoms with Gasteiger partial charge in [0.1, 0.15) is 5.75 Å². The van der Waals surface area contributed by atoms with Crippen molar-refractivity contribution < 1.29 is 23.0 Å². The lowest BCUT2D eigenvalue weighted by Gasteiger charge is -2.08. The molecule has 0 fully saturated rings. The summed E-state index contributed by atoms with van der Waals surface area (Å²) in [5.41, 5.74) is 0.664. The van der Waals surface area contributed by atoms with Gasteiger partial charge < -0.3 is 9.84 Å². The van der Waals surface area contributed by atoms with Gasteiger partial charge in [-0.3, -0.25) is 0 Å². The maximum Gasteiger partial charge on any atom is 0.573 e. The van der Waals surface area contributed by atoms with Crippen LogP contribution in [-0.2, 0) is 6.42 Å². The average molecular weight is 218 g/mol. The van der Waals surface area contributed by atoms with Crippen molar-refractivity contribution in [1.29, 1.82) is 0 Å². The highest BCUT2D eigenvalue weighted by Gasteiger charge is 2.30. The van der Waals surface area contributed by atoms with Crippen molar-refractivity contribution in [3.05, 3.63) is 42.2 Å². The lowest BCUT2D eigenvalue weighted by Crippen LogP contribution is -2.17. The minimum absolute atomic E-state index is 0.0421. The van der Waals surface area contributed by atoms with Gasteiger partial charge in [-0.05, 0) is 17.7 Å². The number of hydrogen-bond acceptors (Lipinski definition) is 2. The molecule has 0 radical (unpaired) electrons. The van der Waals surface area contributed by atoms with Crippen LogP contribution in [0.5, 0.6) is 5.75 Å². The van der Waals surface area contributed by atoms with Gasteiger partial charge in [-0.15, -0.1) is 13.2 Å². The summed E-state index contributed by atoms with van der Waals surface area (Å²) < 4.78 is 39.0. The second-order valence-corrected chi connectivity index (χ2v) is 2.93. The summed E-state index contributed by atoms with van der Waals surface area (Å²) in [6.45, 7) is 3.28. The number of allylic oxidation sites excluding steroid dienone is 1. The number of aliphatic hydroxyl groups excluding tert-OH is 1. The molecule has 0 aliphatic heterocycles. The fourth-order valence-electron chi connectivity index (χ4n) is 1.04. The summed E-state index contributed by atoms with van der Waals surface area (Å²) >= 11 is 0. The third kappa shape index (κ3) is 4.39. The molecule has 0 atom stereocenters. The topological polar surface area (TPSA) is 29.5 Å². The third-order valence-electron chi connectivity index (χ3n) is 1.57. The lowest BCUT2D eigenvalue weighted by atomic mass is 10.1. The normalized spacial score (nSPS) is 11.1. The Bertz CT molecular complexity index is 341. The molecule has 0 amide bonds. The summed E-state index contributed by atoms with van der Waals surface area (Å²) in [6, 6.07) is 5.24. The van der Waals surface area contributed by atoms with Gasteiger partial charge >= 0.3 is 6.36 Å². The summed E-state index contributed by atoms with van der Waals surface area (Å²) in [7, 11) is 0. The zero-order valence-corrected chi connectivity index (χ0v) is 7.71. The first-order valence-corrected chi connectivity index (χ1v) is 4.08. The predicted molar refractivity (Wildman–Crippen MR) is 48.6 cm³/mol. The van der Waals surface area contributed by atoms with Gasteiger partial charge in [-0.25, -0.2) is 0 Å². The number of halogens is 3. The number of aliphatic hydroxyl groups is 1. The van der Waals surface area contributed by atoms with Gasteiger partial charge in [0.15, 0.2) is 0 Å². The van der Waals surface area contributed by atoms with E-state index < -0.39 is 6.36 Å². The minimum Gasteiger partial charge on any atom is -0.513 e. The lowest BCUT2D eigenvalue weighted by molar-refractivity contribution is -0.274. The van der Waals surface area contributed by atoms with Gasteiger partial charge in [0.25, 0.3) is 0 Å². The van der Waals surface area contributed by atoms with E-state index in [0.717, 1.165) is 0 Å². The van der Waals surface area contributed by atoms with Crippen LogP contribution < -0.4 is 4.74 Å². The van der Waals surface area contributed by atoms with Crippen LogP contribution in [0.25, 0.3) is 0 Å². The molecule has 0 heterocycles. The third-order valence-corrected chi connectivity index (χ3v) is 1.57. The van der Waals surface area contributed by atoms with E-state index in [4.69, 9.17) is 5.11 Å². The van der Waals surface area contributed by atoms with Gasteiger partial charge in [-0.2, -0.15) is 0 Å². The molecule has 0 aliphatic rings. The monoisotopic (exact) mass is 218 g/mol. The van der Waals surface area contributed by atoms with E-state index in [9.17, 15) is 13.2 Å². The Balaban J connectivity index is 2.68. The molecule has 0 saturated heterocycles. The van der Waals surface area contributed by atoms with Gasteiger partial charge in [-0.1, -0.05) is 18.7 Å². The first-order valence-electron chi connectivity index (χ1n) is 4.08. The standard InChI is InChI=1S/C10H9F3O2/c1-7(14)6-8-2-4-9(5-3-8)15-10(11,12)13/h2-5,14H,1,6H2. The second-order valence-electron chi connectivity index (χ2n) is 2.93. The molecule has 2 nitrogen and oxygen atoms in total. The quantitative estimate of drug-likeness (QED) is 0.789. The van der Waals surface area contributed by atoms with E-state index >= 15 is 0 Å². The highest BCUT2D eigenvalue weighted by atomic mass is 19.4. The zero-order chi connectivity index (χ0) is 11.5. The van der Waals surface area contributed by atoms with Crippen LogP contribution in [-0.4, -0.2) is 11.5 Å². The predicted octanol–water partition coefficient (Wildman–Crippen LogP) is 3.20. The molecular formula is C10H9F3O2. The molecule has 82 valence electrons. The number of ether oxygens (including phenoxy) is 1. The Hall–Kier alpha value is -1.65. The van der Waals surface area contributed by atoms with Gasteiger partial charge in [0.05, 0.1) is 5.76 Å². The Morgan fingerprint density at radius 2 is 1.80 bits per heavy atom. The zero-order valence-electron chi connectivity index (χ0n) is 7.71. The van der Waals surface area contributed by atoms with E-state index in [2.05, 4.69) is 11.3 Å². The van der Waals surface area contributed by atoms with Crippen molar-refractivity contribution in [2.75, 3.05) is 0 Å². The number of rotatable bonds is 3. The molecule has 1 aromatic rings. The SMILES string of the molecule is C=C(O)Cc1ccc(OC(F)(F)F)cc1. The molecule has 15 heavy (non-hydrogen) atoms. The smallest absolute Gasteiger partial charge is 0.513 e. The Kier molecular flexibility index (Phi) is 3.24. The molecule has 5 heteroatoms. The molecule has 0 unspecified atom stereocenters. The molecule has 0 aromatic heterocycles. The molecular weight excluding hydrogens is 209 g/mol. The second kappa shape index (κ2) is 4.25. The summed E-state index contributed by atoms with van der Waals surface area (Å²) in [4.78, 5) is 0. The van der Waals surface area contributed by atoms with Crippen molar-refractivity contribution >= 4 is 0 Å². The summed E-state index contributed by atoms with van der Waals surface area (Å²) in [5.74, 6) is -0.325. The first kappa shape index (κ1) is 11.4. The van der Waals surface area contributed by atoms with E-state index in [0.29, 0.717) is 5.56 Å². The van der Waals surface area contributed by atoms with E-state index in [1.165, 1.54) is 24.3 Å². The molecule has 0 saturated carbocycles. The van der Waals surface area contributed by atoms with Crippen LogP contribution in [0, 0.1) is 0 Å². The molecule has 1 rings (SSSR count). The first-order chi connectivity index (χ1) is 6.87. The van der Waals surface area contributed by atoms with Gasteiger partial charge in [0, 0.05) is 6.42 Å². The molecule has 1 N–H and O–H groups in total. The fourth-order valence-corrected chi connectivity index (χ4v) is 1.04. The Morgan fingerprint density at radius 3 is 2.20 bits per heavy atom. The minimum atomic E-state index is -4.68. The molecule has 0 bridgehead atoms. The van der Waals surface area contributed by atoms with E-state index in [1.54, 1.807) is 0 Å². The number of alkyl halides is 3. The average Bonchev–Trinajstić information content (AvgIpc) is 2.05. The Morgan fingerprint density at radius 1 is 1.27 bits per heavy atom. The van der Waals surface area contributed by atoms with Crippen molar-refractivity contribution in [3.63, 3.8) is 0 Å². The molecule has 1 aromatic carbocycles. The van der Waals surface area contributed by atoms with Crippen LogP contribution in [0.15, 0.2) is 36.6 Å². The van der Waals surface area contributed by atoms with Crippen LogP contribution >= 0.6 is 0 Å². The van der Waals surface area contributed by atoms with E-state index in [1.807, 2.05) is 0 Å². The summed E-state index contributed by atoms with van der Waals surface area (Å²) in [5, 5.41) is 8.86. The highest BCUT2D eigenvalue weighted by molar-refractivity contribution is 5.28. The van der Waals surface area contributed by atoms with E-state index in [-0.39, 0.29) is 17.9 Å². The number of hydrogen-bond donors (Lipinski definition) is 1. The highest BCUT2D eigenvalue weighted by Crippen LogP contribution is 2.22.